The van der Waals surface area contributed by atoms with Gasteiger partial charge in [0.15, 0.2) is 0 Å². The van der Waals surface area contributed by atoms with Gasteiger partial charge in [-0.05, 0) is 55.8 Å². The van der Waals surface area contributed by atoms with Gasteiger partial charge in [0.1, 0.15) is 11.5 Å². The van der Waals surface area contributed by atoms with Crippen molar-refractivity contribution in [3.8, 4) is 11.5 Å². The largest absolute Gasteiger partial charge is 0.497 e. The molecule has 3 N–H and O–H groups in total. The normalized spacial score (nSPS) is 10.7. The fraction of sp³-hybridized carbons (Fsp3) is 0.238. The van der Waals surface area contributed by atoms with Crippen molar-refractivity contribution in [2.24, 2.45) is 5.10 Å². The summed E-state index contributed by atoms with van der Waals surface area (Å²) in [7, 11) is 3.04. The number of aryl methyl sites for hydroxylation is 1. The molecule has 0 aromatic heterocycles. The van der Waals surface area contributed by atoms with Gasteiger partial charge < -0.3 is 20.1 Å². The van der Waals surface area contributed by atoms with E-state index in [0.29, 0.717) is 28.6 Å². The van der Waals surface area contributed by atoms with Crippen molar-refractivity contribution in [2.75, 3.05) is 24.9 Å². The molecule has 9 nitrogen and oxygen atoms in total. The van der Waals surface area contributed by atoms with Gasteiger partial charge in [-0.2, -0.15) is 5.10 Å². The molecule has 0 saturated heterocycles. The van der Waals surface area contributed by atoms with Gasteiger partial charge in [-0.1, -0.05) is 6.07 Å². The molecule has 0 spiro atoms. The molecule has 0 aliphatic heterocycles. The first-order valence-electron chi connectivity index (χ1n) is 9.05. The van der Waals surface area contributed by atoms with E-state index in [-0.39, 0.29) is 12.3 Å². The number of nitrogens with one attached hydrogen (secondary N) is 3. The van der Waals surface area contributed by atoms with Crippen LogP contribution in [0.2, 0.25) is 0 Å². The molecule has 0 aliphatic carbocycles. The zero-order valence-corrected chi connectivity index (χ0v) is 17.2. The molecule has 0 aliphatic rings. The summed E-state index contributed by atoms with van der Waals surface area (Å²) < 4.78 is 10.2. The third-order valence-corrected chi connectivity index (χ3v) is 3.95. The Morgan fingerprint density at radius 2 is 1.63 bits per heavy atom. The summed E-state index contributed by atoms with van der Waals surface area (Å²) in [6.45, 7) is 3.46. The molecule has 2 aromatic rings. The summed E-state index contributed by atoms with van der Waals surface area (Å²) in [5, 5.41) is 8.98. The highest BCUT2D eigenvalue weighted by Gasteiger charge is 2.14. The van der Waals surface area contributed by atoms with Crippen LogP contribution in [-0.2, 0) is 14.4 Å². The van der Waals surface area contributed by atoms with Crippen LogP contribution in [0.5, 0.6) is 11.5 Å². The molecule has 158 valence electrons. The van der Waals surface area contributed by atoms with Crippen LogP contribution in [-0.4, -0.2) is 37.7 Å². The van der Waals surface area contributed by atoms with Crippen molar-refractivity contribution in [2.45, 2.75) is 20.3 Å². The molecule has 0 saturated carbocycles. The highest BCUT2D eigenvalue weighted by molar-refractivity contribution is 6.39. The van der Waals surface area contributed by atoms with Crippen molar-refractivity contribution in [3.63, 3.8) is 0 Å². The summed E-state index contributed by atoms with van der Waals surface area (Å²) in [6, 6.07) is 11.9. The Morgan fingerprint density at radius 1 is 0.933 bits per heavy atom. The van der Waals surface area contributed by atoms with Gasteiger partial charge in [-0.25, -0.2) is 5.43 Å². The van der Waals surface area contributed by atoms with Gasteiger partial charge in [0.2, 0.25) is 5.91 Å². The Labute approximate surface area is 174 Å². The quantitative estimate of drug-likeness (QED) is 0.367. The predicted octanol–water partition coefficient (Wildman–Crippen LogP) is 2.47. The average molecular weight is 412 g/mol. The number of rotatable bonds is 7. The van der Waals surface area contributed by atoms with E-state index < -0.39 is 11.8 Å². The van der Waals surface area contributed by atoms with E-state index in [9.17, 15) is 14.4 Å². The maximum atomic E-state index is 12.2. The maximum absolute atomic E-state index is 12.2. The second kappa shape index (κ2) is 10.6. The number of hydrazone groups is 1. The monoisotopic (exact) mass is 412 g/mol. The molecule has 0 heterocycles. The van der Waals surface area contributed by atoms with Crippen LogP contribution in [0.15, 0.2) is 47.6 Å². The maximum Gasteiger partial charge on any atom is 0.329 e. The van der Waals surface area contributed by atoms with E-state index in [4.69, 9.17) is 9.47 Å². The summed E-state index contributed by atoms with van der Waals surface area (Å²) in [5.74, 6) is -1.01. The number of ether oxygens (including phenoxy) is 2. The topological polar surface area (TPSA) is 118 Å². The lowest BCUT2D eigenvalue weighted by Gasteiger charge is -2.11. The highest BCUT2D eigenvalue weighted by atomic mass is 16.5. The minimum absolute atomic E-state index is 0.0719. The van der Waals surface area contributed by atoms with Crippen LogP contribution in [0.1, 0.15) is 18.9 Å². The molecule has 0 atom stereocenters. The molecule has 0 unspecified atom stereocenters. The van der Waals surface area contributed by atoms with Gasteiger partial charge >= 0.3 is 11.8 Å². The van der Waals surface area contributed by atoms with Crippen molar-refractivity contribution in [3.05, 3.63) is 48.0 Å². The number of hydrogen-bond acceptors (Lipinski definition) is 6. The Bertz CT molecular complexity index is 954. The smallest absolute Gasteiger partial charge is 0.329 e. The van der Waals surface area contributed by atoms with Crippen LogP contribution in [0.25, 0.3) is 0 Å². The first-order valence-corrected chi connectivity index (χ1v) is 9.05. The molecule has 3 amide bonds. The minimum atomic E-state index is -0.953. The van der Waals surface area contributed by atoms with E-state index in [1.165, 1.54) is 14.2 Å². The third-order valence-electron chi connectivity index (χ3n) is 3.95. The number of benzene rings is 2. The molecule has 0 radical (unpaired) electrons. The van der Waals surface area contributed by atoms with Gasteiger partial charge in [-0.15, -0.1) is 0 Å². The number of carbonyl (C=O) groups excluding carboxylic acids is 3. The molecular formula is C21H24N4O5. The number of methoxy groups -OCH3 is 2. The lowest BCUT2D eigenvalue weighted by molar-refractivity contribution is -0.136. The lowest BCUT2D eigenvalue weighted by atomic mass is 10.2. The van der Waals surface area contributed by atoms with Crippen molar-refractivity contribution >= 4 is 34.8 Å². The fourth-order valence-corrected chi connectivity index (χ4v) is 2.44. The summed E-state index contributed by atoms with van der Waals surface area (Å²) in [6.07, 6.45) is -0.0719. The van der Waals surface area contributed by atoms with E-state index in [1.807, 2.05) is 13.0 Å². The fourth-order valence-electron chi connectivity index (χ4n) is 2.44. The number of hydrogen-bond donors (Lipinski definition) is 3. The van der Waals surface area contributed by atoms with Crippen LogP contribution < -0.4 is 25.5 Å². The zero-order valence-electron chi connectivity index (χ0n) is 17.2. The Morgan fingerprint density at radius 3 is 2.27 bits per heavy atom. The summed E-state index contributed by atoms with van der Waals surface area (Å²) >= 11 is 0. The van der Waals surface area contributed by atoms with E-state index in [0.717, 1.165) is 5.56 Å². The van der Waals surface area contributed by atoms with Crippen molar-refractivity contribution in [1.29, 1.82) is 0 Å². The Hall–Kier alpha value is -3.88. The van der Waals surface area contributed by atoms with Crippen LogP contribution in [0.4, 0.5) is 11.4 Å². The highest BCUT2D eigenvalue weighted by Crippen LogP contribution is 2.25. The predicted molar refractivity (Wildman–Crippen MR) is 114 cm³/mol. The molecule has 30 heavy (non-hydrogen) atoms. The van der Waals surface area contributed by atoms with E-state index in [2.05, 4.69) is 21.2 Å². The SMILES string of the molecule is COc1ccc(NC(=O)C(=O)NN=C(C)CC(=O)Nc2cc(C)ccc2OC)cc1. The molecule has 2 aromatic carbocycles. The standard InChI is InChI=1S/C21H24N4O5/c1-13-5-10-18(30-4)17(11-13)23-19(26)12-14(2)24-25-21(28)20(27)22-15-6-8-16(29-3)9-7-15/h5-11H,12H2,1-4H3,(H,22,27)(H,23,26)(H,25,28). The molecule has 0 fully saturated rings. The second-order valence-corrected chi connectivity index (χ2v) is 6.40. The molecule has 0 bridgehead atoms. The Kier molecular flexibility index (Phi) is 7.92. The molecular weight excluding hydrogens is 388 g/mol. The van der Waals surface area contributed by atoms with Gasteiger partial charge in [0, 0.05) is 11.4 Å². The van der Waals surface area contributed by atoms with Gasteiger partial charge in [-0.3, -0.25) is 14.4 Å². The number of nitrogens with zero attached hydrogens (tertiary/aromatic N) is 1. The minimum Gasteiger partial charge on any atom is -0.497 e. The van der Waals surface area contributed by atoms with Crippen LogP contribution >= 0.6 is 0 Å². The Balaban J connectivity index is 1.87. The third kappa shape index (κ3) is 6.62. The van der Waals surface area contributed by atoms with Crippen LogP contribution in [0, 0.1) is 6.92 Å². The first kappa shape index (κ1) is 22.4. The first-order chi connectivity index (χ1) is 14.3. The second-order valence-electron chi connectivity index (χ2n) is 6.40. The lowest BCUT2D eigenvalue weighted by Crippen LogP contribution is -2.33. The summed E-state index contributed by atoms with van der Waals surface area (Å²) in [4.78, 5) is 36.1. The zero-order chi connectivity index (χ0) is 22.1. The summed E-state index contributed by atoms with van der Waals surface area (Å²) in [5.41, 5.74) is 4.40. The van der Waals surface area contributed by atoms with Crippen molar-refractivity contribution < 1.29 is 23.9 Å². The van der Waals surface area contributed by atoms with E-state index in [1.54, 1.807) is 43.3 Å². The van der Waals surface area contributed by atoms with Gasteiger partial charge in [0.05, 0.1) is 26.3 Å². The molecule has 9 heteroatoms. The number of carbonyl (C=O) groups is 3. The van der Waals surface area contributed by atoms with Crippen LogP contribution in [0.3, 0.4) is 0 Å². The van der Waals surface area contributed by atoms with Gasteiger partial charge in [0.25, 0.3) is 0 Å². The van der Waals surface area contributed by atoms with Crippen molar-refractivity contribution in [1.82, 2.24) is 5.43 Å². The average Bonchev–Trinajstić information content (AvgIpc) is 2.72. The van der Waals surface area contributed by atoms with E-state index >= 15 is 0 Å². The molecule has 2 rings (SSSR count). The number of anilines is 2. The number of amides is 3.